The molecule has 3 aromatic rings. The maximum Gasteiger partial charge on any atom is 0.331 e. The van der Waals surface area contributed by atoms with Gasteiger partial charge in [-0.1, -0.05) is 78.9 Å². The summed E-state index contributed by atoms with van der Waals surface area (Å²) in [4.78, 5) is 12.6. The van der Waals surface area contributed by atoms with Gasteiger partial charge in [0, 0.05) is 10.5 Å². The third-order valence-electron chi connectivity index (χ3n) is 6.45. The van der Waals surface area contributed by atoms with Crippen molar-refractivity contribution in [2.75, 3.05) is 20.3 Å². The Morgan fingerprint density at radius 3 is 2.21 bits per heavy atom. The van der Waals surface area contributed by atoms with E-state index in [4.69, 9.17) is 28.4 Å². The molecule has 8 nitrogen and oxygen atoms in total. The molecule has 2 heterocycles. The van der Waals surface area contributed by atoms with Crippen molar-refractivity contribution in [1.29, 1.82) is 0 Å². The average molecular weight is 539 g/mol. The Hall–Kier alpha value is -2.92. The van der Waals surface area contributed by atoms with Crippen molar-refractivity contribution >= 4 is 16.8 Å². The summed E-state index contributed by atoms with van der Waals surface area (Å²) < 4.78 is 49.8. The largest absolute Gasteiger partial charge is 0.467 e. The second-order valence-electron chi connectivity index (χ2n) is 8.94. The highest BCUT2D eigenvalue weighted by atomic mass is 32.2. The fourth-order valence-corrected chi connectivity index (χ4v) is 5.96. The summed E-state index contributed by atoms with van der Waals surface area (Å²) in [5, 5.41) is 0. The van der Waals surface area contributed by atoms with Gasteiger partial charge < -0.3 is 28.4 Å². The third-order valence-corrected chi connectivity index (χ3v) is 7.99. The zero-order chi connectivity index (χ0) is 26.3. The van der Waals surface area contributed by atoms with E-state index >= 15 is 0 Å². The summed E-state index contributed by atoms with van der Waals surface area (Å²) in [5.74, 6) is -0.562. The van der Waals surface area contributed by atoms with Crippen LogP contribution in [0.3, 0.4) is 0 Å². The van der Waals surface area contributed by atoms with E-state index in [0.717, 1.165) is 11.1 Å². The Kier molecular flexibility index (Phi) is 8.95. The molecule has 0 aromatic heterocycles. The first-order valence-electron chi connectivity index (χ1n) is 12.4. The topological polar surface area (TPSA) is 89.5 Å². The highest BCUT2D eigenvalue weighted by Gasteiger charge is 2.53. The predicted octanol–water partition coefficient (Wildman–Crippen LogP) is 3.78. The first-order chi connectivity index (χ1) is 18.6. The molecule has 5 rings (SSSR count). The van der Waals surface area contributed by atoms with E-state index in [9.17, 15) is 9.00 Å². The van der Waals surface area contributed by atoms with Crippen molar-refractivity contribution in [2.45, 2.75) is 47.6 Å². The molecule has 0 bridgehead atoms. The zero-order valence-corrected chi connectivity index (χ0v) is 21.7. The van der Waals surface area contributed by atoms with Crippen molar-refractivity contribution in [3.8, 4) is 0 Å². The molecule has 200 valence electrons. The molecule has 9 heteroatoms. The summed E-state index contributed by atoms with van der Waals surface area (Å²) in [5.41, 5.74) is 0.869. The molecular formula is C29H30O8S. The van der Waals surface area contributed by atoms with Crippen molar-refractivity contribution in [2.24, 2.45) is 0 Å². The molecule has 0 saturated carbocycles. The first kappa shape index (κ1) is 26.7. The minimum absolute atomic E-state index is 0.210. The molecule has 2 aliphatic heterocycles. The standard InChI is InChI=1S/C29H30O8S/c1-32-24(30)19-34-27-26(33-17-20-11-5-2-6-12-20)25-23(18-35-28(37-25)21-13-7-3-8-14-21)36-29(27)38(31)22-15-9-4-10-16-22/h2-16,23,25-29H,17-19H2,1H3/t23-,25-,26+,27+,28?,29-,38?/m1/s1. The minimum Gasteiger partial charge on any atom is -0.467 e. The van der Waals surface area contributed by atoms with E-state index in [1.165, 1.54) is 7.11 Å². The normalized spacial score (nSPS) is 27.7. The second-order valence-corrected chi connectivity index (χ2v) is 10.5. The highest BCUT2D eigenvalue weighted by molar-refractivity contribution is 7.85. The monoisotopic (exact) mass is 538 g/mol. The molecule has 38 heavy (non-hydrogen) atoms. The van der Waals surface area contributed by atoms with Crippen LogP contribution in [0.1, 0.15) is 17.4 Å². The van der Waals surface area contributed by atoms with Gasteiger partial charge in [0.05, 0.1) is 31.1 Å². The molecular weight excluding hydrogens is 508 g/mol. The summed E-state index contributed by atoms with van der Waals surface area (Å²) >= 11 is 0. The van der Waals surface area contributed by atoms with Gasteiger partial charge in [0.25, 0.3) is 0 Å². The molecule has 2 unspecified atom stereocenters. The molecule has 0 N–H and O–H groups in total. The molecule has 0 amide bonds. The SMILES string of the molecule is COC(=O)CO[C@H]1[C@@H](OCc2ccccc2)[C@@H]2OC(c3ccccc3)OC[C@H]2O[C@@H]1S(=O)c1ccccc1. The molecule has 2 saturated heterocycles. The number of hydrogen-bond acceptors (Lipinski definition) is 8. The number of carbonyl (C=O) groups excluding carboxylic acids is 1. The van der Waals surface area contributed by atoms with Gasteiger partial charge >= 0.3 is 5.97 Å². The van der Waals surface area contributed by atoms with Crippen LogP contribution in [0.5, 0.6) is 0 Å². The number of esters is 1. The second kappa shape index (κ2) is 12.8. The maximum atomic E-state index is 13.8. The summed E-state index contributed by atoms with van der Waals surface area (Å²) in [6.07, 6.45) is -3.42. The van der Waals surface area contributed by atoms with Crippen molar-refractivity contribution in [1.82, 2.24) is 0 Å². The van der Waals surface area contributed by atoms with E-state index in [1.54, 1.807) is 12.1 Å². The molecule has 0 radical (unpaired) electrons. The average Bonchev–Trinajstić information content (AvgIpc) is 2.99. The summed E-state index contributed by atoms with van der Waals surface area (Å²) in [6.45, 7) is 0.119. The van der Waals surface area contributed by atoms with Crippen molar-refractivity contribution in [3.05, 3.63) is 102 Å². The maximum absolute atomic E-state index is 13.8. The Bertz CT molecular complexity index is 1190. The minimum atomic E-state index is -1.64. The number of rotatable bonds is 9. The molecule has 0 spiro atoms. The van der Waals surface area contributed by atoms with E-state index in [0.29, 0.717) is 4.90 Å². The fourth-order valence-electron chi connectivity index (χ4n) is 4.54. The quantitative estimate of drug-likeness (QED) is 0.381. The van der Waals surface area contributed by atoms with E-state index < -0.39 is 52.9 Å². The van der Waals surface area contributed by atoms with Gasteiger partial charge in [0.1, 0.15) is 31.0 Å². The lowest BCUT2D eigenvalue weighted by Crippen LogP contribution is -2.64. The zero-order valence-electron chi connectivity index (χ0n) is 20.9. The summed E-state index contributed by atoms with van der Waals surface area (Å²) in [6, 6.07) is 28.3. The molecule has 7 atom stereocenters. The Morgan fingerprint density at radius 1 is 0.868 bits per heavy atom. The number of benzene rings is 3. The van der Waals surface area contributed by atoms with Gasteiger partial charge in [-0.05, 0) is 17.7 Å². The molecule has 0 aliphatic carbocycles. The van der Waals surface area contributed by atoms with Crippen molar-refractivity contribution in [3.63, 3.8) is 0 Å². The van der Waals surface area contributed by atoms with Crippen LogP contribution in [0.2, 0.25) is 0 Å². The van der Waals surface area contributed by atoms with Crippen LogP contribution in [0.15, 0.2) is 95.9 Å². The van der Waals surface area contributed by atoms with Crippen LogP contribution >= 0.6 is 0 Å². The van der Waals surface area contributed by atoms with Gasteiger partial charge in [0.2, 0.25) is 0 Å². The van der Waals surface area contributed by atoms with Crippen LogP contribution in [-0.4, -0.2) is 60.4 Å². The Labute approximate surface area is 224 Å². The van der Waals surface area contributed by atoms with Gasteiger partial charge in [-0.25, -0.2) is 4.79 Å². The number of ether oxygens (including phenoxy) is 6. The third kappa shape index (κ3) is 6.20. The van der Waals surface area contributed by atoms with Crippen LogP contribution in [0, 0.1) is 0 Å². The first-order valence-corrected chi connectivity index (χ1v) is 13.6. The lowest BCUT2D eigenvalue weighted by molar-refractivity contribution is -0.329. The van der Waals surface area contributed by atoms with Crippen molar-refractivity contribution < 1.29 is 37.4 Å². The Morgan fingerprint density at radius 2 is 1.53 bits per heavy atom. The fraction of sp³-hybridized carbons (Fsp3) is 0.345. The number of methoxy groups -OCH3 is 1. The smallest absolute Gasteiger partial charge is 0.331 e. The van der Waals surface area contributed by atoms with Crippen LogP contribution in [0.4, 0.5) is 0 Å². The van der Waals surface area contributed by atoms with E-state index in [2.05, 4.69) is 0 Å². The molecule has 2 aliphatic rings. The number of fused-ring (bicyclic) bond motifs is 1. The van der Waals surface area contributed by atoms with Crippen LogP contribution < -0.4 is 0 Å². The van der Waals surface area contributed by atoms with Gasteiger partial charge in [-0.3, -0.25) is 4.21 Å². The van der Waals surface area contributed by atoms with E-state index in [-0.39, 0.29) is 19.8 Å². The summed E-state index contributed by atoms with van der Waals surface area (Å²) in [7, 11) is -0.350. The van der Waals surface area contributed by atoms with E-state index in [1.807, 2.05) is 78.9 Å². The number of carbonyl (C=O) groups is 1. The van der Waals surface area contributed by atoms with Crippen LogP contribution in [0.25, 0.3) is 0 Å². The highest BCUT2D eigenvalue weighted by Crippen LogP contribution is 2.38. The molecule has 2 fully saturated rings. The predicted molar refractivity (Wildman–Crippen MR) is 138 cm³/mol. The van der Waals surface area contributed by atoms with Gasteiger partial charge in [-0.15, -0.1) is 0 Å². The Balaban J connectivity index is 1.47. The molecule has 3 aromatic carbocycles. The van der Waals surface area contributed by atoms with Gasteiger partial charge in [-0.2, -0.15) is 0 Å². The number of hydrogen-bond donors (Lipinski definition) is 0. The van der Waals surface area contributed by atoms with Crippen LogP contribution in [-0.2, 0) is 50.6 Å². The lowest BCUT2D eigenvalue weighted by Gasteiger charge is -2.48. The van der Waals surface area contributed by atoms with Gasteiger partial charge in [0.15, 0.2) is 11.7 Å². The lowest BCUT2D eigenvalue weighted by atomic mass is 9.98.